The number of methoxy groups -OCH3 is 1. The number of nitrogens with zero attached hydrogens (tertiary/aromatic N) is 1. The van der Waals surface area contributed by atoms with Crippen LogP contribution in [-0.2, 0) is 20.8 Å². The van der Waals surface area contributed by atoms with Crippen LogP contribution in [0.15, 0.2) is 54.6 Å². The van der Waals surface area contributed by atoms with E-state index in [1.54, 1.807) is 19.2 Å². The summed E-state index contributed by atoms with van der Waals surface area (Å²) < 4.78 is 9.92. The highest BCUT2D eigenvalue weighted by Gasteiger charge is 2.25. The summed E-state index contributed by atoms with van der Waals surface area (Å²) in [5.41, 5.74) is 1.12. The average molecular weight is 355 g/mol. The van der Waals surface area contributed by atoms with Gasteiger partial charge in [0.15, 0.2) is 6.10 Å². The Hall–Kier alpha value is -3.15. The van der Waals surface area contributed by atoms with E-state index >= 15 is 0 Å². The number of likely N-dealkylation sites (N-methyl/N-ethyl adjacent to an activating group) is 1. The number of amides is 1. The predicted octanol–water partition coefficient (Wildman–Crippen LogP) is 2.68. The van der Waals surface area contributed by atoms with Crippen molar-refractivity contribution >= 4 is 17.8 Å². The summed E-state index contributed by atoms with van der Waals surface area (Å²) in [4.78, 5) is 38.1. The summed E-state index contributed by atoms with van der Waals surface area (Å²) in [6.45, 7) is 1.91. The molecule has 0 aliphatic rings. The van der Waals surface area contributed by atoms with Crippen LogP contribution in [0, 0.1) is 0 Å². The molecule has 0 heterocycles. The highest BCUT2D eigenvalue weighted by Crippen LogP contribution is 2.14. The van der Waals surface area contributed by atoms with Crippen molar-refractivity contribution in [3.63, 3.8) is 0 Å². The van der Waals surface area contributed by atoms with Crippen molar-refractivity contribution in [1.29, 1.82) is 0 Å². The first-order valence-electron chi connectivity index (χ1n) is 8.11. The minimum atomic E-state index is -0.984. The van der Waals surface area contributed by atoms with Crippen LogP contribution >= 0.6 is 0 Å². The summed E-state index contributed by atoms with van der Waals surface area (Å²) in [5.74, 6) is -1.73. The molecule has 0 fully saturated rings. The minimum absolute atomic E-state index is 0.0599. The normalized spacial score (nSPS) is 11.3. The van der Waals surface area contributed by atoms with Crippen molar-refractivity contribution in [3.8, 4) is 0 Å². The van der Waals surface area contributed by atoms with E-state index in [9.17, 15) is 14.4 Å². The van der Waals surface area contributed by atoms with Gasteiger partial charge in [0.2, 0.25) is 0 Å². The number of benzene rings is 2. The number of hydrogen-bond acceptors (Lipinski definition) is 5. The molecule has 6 heteroatoms. The minimum Gasteiger partial charge on any atom is -0.465 e. The van der Waals surface area contributed by atoms with Crippen LogP contribution in [0.5, 0.6) is 0 Å². The van der Waals surface area contributed by atoms with Crippen LogP contribution in [0.4, 0.5) is 0 Å². The Morgan fingerprint density at radius 1 is 0.923 bits per heavy atom. The van der Waals surface area contributed by atoms with Gasteiger partial charge in [-0.1, -0.05) is 42.5 Å². The summed E-state index contributed by atoms with van der Waals surface area (Å²) in [7, 11) is 2.87. The van der Waals surface area contributed by atoms with E-state index < -0.39 is 18.0 Å². The van der Waals surface area contributed by atoms with Crippen molar-refractivity contribution in [2.75, 3.05) is 14.2 Å². The SMILES string of the molecule is COC(=O)c1ccccc1C(=O)OC(C)C(=O)N(C)Cc1ccccc1. The lowest BCUT2D eigenvalue weighted by Gasteiger charge is -2.22. The standard InChI is InChI=1S/C20H21NO5/c1-14(18(22)21(2)13-15-9-5-4-6-10-15)26-20(24)17-12-8-7-11-16(17)19(23)25-3/h4-12,14H,13H2,1-3H3. The largest absolute Gasteiger partial charge is 0.465 e. The van der Waals surface area contributed by atoms with Gasteiger partial charge in [-0.25, -0.2) is 9.59 Å². The van der Waals surface area contributed by atoms with Crippen molar-refractivity contribution in [1.82, 2.24) is 4.90 Å². The Kier molecular flexibility index (Phi) is 6.49. The molecule has 1 unspecified atom stereocenters. The first-order valence-corrected chi connectivity index (χ1v) is 8.11. The highest BCUT2D eigenvalue weighted by molar-refractivity contribution is 6.03. The zero-order chi connectivity index (χ0) is 19.1. The Balaban J connectivity index is 2.05. The third-order valence-corrected chi connectivity index (χ3v) is 3.82. The van der Waals surface area contributed by atoms with Gasteiger partial charge in [-0.3, -0.25) is 4.79 Å². The molecule has 1 atom stereocenters. The molecule has 0 saturated heterocycles. The number of carbonyl (C=O) groups is 3. The van der Waals surface area contributed by atoms with E-state index in [4.69, 9.17) is 4.74 Å². The zero-order valence-corrected chi connectivity index (χ0v) is 15.0. The number of ether oxygens (including phenoxy) is 2. The molecule has 136 valence electrons. The third kappa shape index (κ3) is 4.69. The van der Waals surface area contributed by atoms with Gasteiger partial charge in [-0.05, 0) is 24.6 Å². The molecular weight excluding hydrogens is 334 g/mol. The summed E-state index contributed by atoms with van der Waals surface area (Å²) >= 11 is 0. The summed E-state index contributed by atoms with van der Waals surface area (Å²) in [6.07, 6.45) is -0.984. The second-order valence-corrected chi connectivity index (χ2v) is 5.76. The van der Waals surface area contributed by atoms with Crippen molar-refractivity contribution < 1.29 is 23.9 Å². The molecule has 1 amide bonds. The predicted molar refractivity (Wildman–Crippen MR) is 95.6 cm³/mol. The van der Waals surface area contributed by atoms with Crippen LogP contribution in [0.3, 0.4) is 0 Å². The lowest BCUT2D eigenvalue weighted by Crippen LogP contribution is -2.37. The van der Waals surface area contributed by atoms with Crippen LogP contribution < -0.4 is 0 Å². The Morgan fingerprint density at radius 2 is 1.46 bits per heavy atom. The third-order valence-electron chi connectivity index (χ3n) is 3.82. The average Bonchev–Trinajstić information content (AvgIpc) is 2.67. The van der Waals surface area contributed by atoms with Gasteiger partial charge in [0, 0.05) is 13.6 Å². The molecule has 0 aliphatic heterocycles. The lowest BCUT2D eigenvalue weighted by atomic mass is 10.1. The van der Waals surface area contributed by atoms with E-state index in [1.165, 1.54) is 31.1 Å². The van der Waals surface area contributed by atoms with Crippen molar-refractivity contribution in [2.45, 2.75) is 19.6 Å². The van der Waals surface area contributed by atoms with E-state index in [2.05, 4.69) is 4.74 Å². The Bertz CT molecular complexity index is 788. The van der Waals surface area contributed by atoms with Crippen LogP contribution in [-0.4, -0.2) is 43.0 Å². The van der Waals surface area contributed by atoms with Crippen LogP contribution in [0.1, 0.15) is 33.2 Å². The van der Waals surface area contributed by atoms with Gasteiger partial charge in [0.25, 0.3) is 5.91 Å². The monoisotopic (exact) mass is 355 g/mol. The molecule has 2 aromatic carbocycles. The molecule has 2 rings (SSSR count). The van der Waals surface area contributed by atoms with Gasteiger partial charge in [0.05, 0.1) is 18.2 Å². The fourth-order valence-corrected chi connectivity index (χ4v) is 2.47. The van der Waals surface area contributed by atoms with E-state index in [-0.39, 0.29) is 17.0 Å². The topological polar surface area (TPSA) is 72.9 Å². The van der Waals surface area contributed by atoms with Gasteiger partial charge < -0.3 is 14.4 Å². The van der Waals surface area contributed by atoms with E-state index in [0.717, 1.165) is 5.56 Å². The fourth-order valence-electron chi connectivity index (χ4n) is 2.47. The molecule has 0 aliphatic carbocycles. The molecule has 0 radical (unpaired) electrons. The molecular formula is C20H21NO5. The molecule has 2 aromatic rings. The number of carbonyl (C=O) groups excluding carboxylic acids is 3. The number of hydrogen-bond donors (Lipinski definition) is 0. The molecule has 0 saturated carbocycles. The Morgan fingerprint density at radius 3 is 2.04 bits per heavy atom. The van der Waals surface area contributed by atoms with Gasteiger partial charge in [-0.15, -0.1) is 0 Å². The molecule has 6 nitrogen and oxygen atoms in total. The number of esters is 2. The quantitative estimate of drug-likeness (QED) is 0.745. The smallest absolute Gasteiger partial charge is 0.339 e. The molecule has 26 heavy (non-hydrogen) atoms. The lowest BCUT2D eigenvalue weighted by molar-refractivity contribution is -0.139. The second kappa shape index (κ2) is 8.80. The first-order chi connectivity index (χ1) is 12.4. The van der Waals surface area contributed by atoms with Crippen LogP contribution in [0.2, 0.25) is 0 Å². The maximum absolute atomic E-state index is 12.4. The van der Waals surface area contributed by atoms with Gasteiger partial charge in [-0.2, -0.15) is 0 Å². The maximum Gasteiger partial charge on any atom is 0.339 e. The highest BCUT2D eigenvalue weighted by atomic mass is 16.5. The second-order valence-electron chi connectivity index (χ2n) is 5.76. The van der Waals surface area contributed by atoms with Crippen molar-refractivity contribution in [2.24, 2.45) is 0 Å². The molecule has 0 aromatic heterocycles. The van der Waals surface area contributed by atoms with E-state index in [0.29, 0.717) is 6.54 Å². The zero-order valence-electron chi connectivity index (χ0n) is 15.0. The van der Waals surface area contributed by atoms with Gasteiger partial charge in [0.1, 0.15) is 0 Å². The van der Waals surface area contributed by atoms with Crippen LogP contribution in [0.25, 0.3) is 0 Å². The maximum atomic E-state index is 12.4. The molecule has 0 spiro atoms. The van der Waals surface area contributed by atoms with E-state index in [1.807, 2.05) is 30.3 Å². The molecule has 0 N–H and O–H groups in total. The van der Waals surface area contributed by atoms with Crippen molar-refractivity contribution in [3.05, 3.63) is 71.3 Å². The number of rotatable bonds is 6. The van der Waals surface area contributed by atoms with Gasteiger partial charge >= 0.3 is 11.9 Å². The fraction of sp³-hybridized carbons (Fsp3) is 0.250. The molecule has 0 bridgehead atoms. The summed E-state index contributed by atoms with van der Waals surface area (Å²) in [5, 5.41) is 0. The first kappa shape index (κ1) is 19.2. The summed E-state index contributed by atoms with van der Waals surface area (Å²) in [6, 6.07) is 15.6. The Labute approximate surface area is 152 Å².